The number of methoxy groups -OCH3 is 1. The van der Waals surface area contributed by atoms with Crippen LogP contribution in [-0.4, -0.2) is 35.3 Å². The Morgan fingerprint density at radius 2 is 2.17 bits per heavy atom. The fourth-order valence-corrected chi connectivity index (χ4v) is 1.57. The monoisotopic (exact) mass is 252 g/mol. The van der Waals surface area contributed by atoms with E-state index in [1.807, 2.05) is 13.8 Å². The van der Waals surface area contributed by atoms with E-state index in [4.69, 9.17) is 4.74 Å². The van der Waals surface area contributed by atoms with Gasteiger partial charge in [0.15, 0.2) is 0 Å². The van der Waals surface area contributed by atoms with E-state index < -0.39 is 5.60 Å². The quantitative estimate of drug-likeness (QED) is 0.802. The second-order valence-corrected chi connectivity index (χ2v) is 4.19. The number of amides is 1. The maximum Gasteiger partial charge on any atom is 0.255 e. The first-order valence-corrected chi connectivity index (χ1v) is 6.05. The molecular weight excluding hydrogens is 232 g/mol. The van der Waals surface area contributed by atoms with Crippen LogP contribution >= 0.6 is 0 Å². The van der Waals surface area contributed by atoms with Crippen LogP contribution in [0.25, 0.3) is 0 Å². The summed E-state index contributed by atoms with van der Waals surface area (Å²) in [5.74, 6) is 0.154. The van der Waals surface area contributed by atoms with E-state index >= 15 is 0 Å². The first kappa shape index (κ1) is 14.4. The molecule has 1 amide bonds. The van der Waals surface area contributed by atoms with Gasteiger partial charge in [-0.15, -0.1) is 0 Å². The molecule has 0 aliphatic carbocycles. The van der Waals surface area contributed by atoms with Crippen molar-refractivity contribution in [3.8, 4) is 5.75 Å². The summed E-state index contributed by atoms with van der Waals surface area (Å²) in [5, 5.41) is 12.8. The zero-order valence-corrected chi connectivity index (χ0v) is 11.1. The Labute approximate surface area is 107 Å². The number of carbonyl (C=O) groups excluding carboxylic acids is 1. The molecule has 1 heterocycles. The predicted molar refractivity (Wildman–Crippen MR) is 68.7 cm³/mol. The highest BCUT2D eigenvalue weighted by Gasteiger charge is 2.23. The van der Waals surface area contributed by atoms with Gasteiger partial charge < -0.3 is 15.2 Å². The number of nitrogens with zero attached hydrogens (tertiary/aromatic N) is 1. The summed E-state index contributed by atoms with van der Waals surface area (Å²) in [6.45, 7) is 4.01. The Morgan fingerprint density at radius 3 is 2.72 bits per heavy atom. The van der Waals surface area contributed by atoms with Gasteiger partial charge in [0.05, 0.1) is 24.5 Å². The average Bonchev–Trinajstić information content (AvgIpc) is 2.44. The number of carbonyl (C=O) groups is 1. The third kappa shape index (κ3) is 3.43. The predicted octanol–water partition coefficient (Wildman–Crippen LogP) is 1.37. The molecule has 0 fully saturated rings. The number of pyridine rings is 1. The number of rotatable bonds is 6. The molecule has 1 aromatic heterocycles. The molecule has 0 radical (unpaired) electrons. The lowest BCUT2D eigenvalue weighted by Gasteiger charge is -2.25. The molecule has 2 N–H and O–H groups in total. The number of nitrogens with one attached hydrogen (secondary N) is 1. The Kier molecular flexibility index (Phi) is 5.09. The minimum Gasteiger partial charge on any atom is -0.494 e. The van der Waals surface area contributed by atoms with Gasteiger partial charge in [-0.2, -0.15) is 0 Å². The van der Waals surface area contributed by atoms with Gasteiger partial charge in [0.25, 0.3) is 5.91 Å². The van der Waals surface area contributed by atoms with Crippen molar-refractivity contribution < 1.29 is 14.6 Å². The molecule has 0 aliphatic heterocycles. The van der Waals surface area contributed by atoms with Crippen molar-refractivity contribution in [1.29, 1.82) is 0 Å². The third-order valence-electron chi connectivity index (χ3n) is 3.14. The normalized spacial score (nSPS) is 11.1. The fourth-order valence-electron chi connectivity index (χ4n) is 1.57. The van der Waals surface area contributed by atoms with Crippen molar-refractivity contribution in [2.75, 3.05) is 13.7 Å². The summed E-state index contributed by atoms with van der Waals surface area (Å²) < 4.78 is 5.07. The number of aliphatic hydroxyl groups is 1. The highest BCUT2D eigenvalue weighted by molar-refractivity contribution is 5.96. The van der Waals surface area contributed by atoms with E-state index in [1.165, 1.54) is 19.5 Å². The number of hydrogen-bond donors (Lipinski definition) is 2. The molecule has 0 saturated heterocycles. The molecule has 1 aromatic rings. The molecular formula is C13H20N2O3. The number of ether oxygens (including phenoxy) is 1. The summed E-state index contributed by atoms with van der Waals surface area (Å²) in [5.41, 5.74) is -0.433. The lowest BCUT2D eigenvalue weighted by molar-refractivity contribution is 0.0313. The minimum atomic E-state index is -0.851. The molecule has 0 bridgehead atoms. The van der Waals surface area contributed by atoms with E-state index in [-0.39, 0.29) is 12.5 Å². The maximum absolute atomic E-state index is 12.0. The topological polar surface area (TPSA) is 71.5 Å². The highest BCUT2D eigenvalue weighted by atomic mass is 16.5. The van der Waals surface area contributed by atoms with Crippen LogP contribution in [-0.2, 0) is 0 Å². The largest absolute Gasteiger partial charge is 0.494 e. The Balaban J connectivity index is 2.71. The molecule has 0 unspecified atom stereocenters. The van der Waals surface area contributed by atoms with E-state index in [0.29, 0.717) is 24.2 Å². The van der Waals surface area contributed by atoms with Crippen LogP contribution in [0.2, 0.25) is 0 Å². The van der Waals surface area contributed by atoms with Crippen LogP contribution < -0.4 is 10.1 Å². The first-order chi connectivity index (χ1) is 8.56. The van der Waals surface area contributed by atoms with Gasteiger partial charge in [0.2, 0.25) is 0 Å². The van der Waals surface area contributed by atoms with Crippen LogP contribution in [0, 0.1) is 0 Å². The summed E-state index contributed by atoms with van der Waals surface area (Å²) in [4.78, 5) is 15.9. The van der Waals surface area contributed by atoms with E-state index in [2.05, 4.69) is 10.3 Å². The molecule has 5 nitrogen and oxygen atoms in total. The standard InChI is InChI=1S/C13H20N2O3/c1-4-13(17,5-2)9-15-12(16)10-6-7-14-8-11(10)18-3/h6-8,17H,4-5,9H2,1-3H3,(H,15,16). The van der Waals surface area contributed by atoms with Gasteiger partial charge >= 0.3 is 0 Å². The zero-order valence-electron chi connectivity index (χ0n) is 11.1. The molecule has 18 heavy (non-hydrogen) atoms. The van der Waals surface area contributed by atoms with Gasteiger partial charge in [-0.3, -0.25) is 9.78 Å². The van der Waals surface area contributed by atoms with E-state index in [0.717, 1.165) is 0 Å². The molecule has 0 saturated carbocycles. The second-order valence-electron chi connectivity index (χ2n) is 4.19. The van der Waals surface area contributed by atoms with Crippen LogP contribution in [0.15, 0.2) is 18.5 Å². The van der Waals surface area contributed by atoms with E-state index in [1.54, 1.807) is 6.07 Å². The maximum atomic E-state index is 12.0. The van der Waals surface area contributed by atoms with Crippen LogP contribution in [0.4, 0.5) is 0 Å². The molecule has 0 aliphatic rings. The molecule has 0 spiro atoms. The van der Waals surface area contributed by atoms with Gasteiger partial charge in [-0.05, 0) is 18.9 Å². The molecule has 0 atom stereocenters. The Morgan fingerprint density at radius 1 is 1.50 bits per heavy atom. The third-order valence-corrected chi connectivity index (χ3v) is 3.14. The van der Waals surface area contributed by atoms with Gasteiger partial charge in [0.1, 0.15) is 5.75 Å². The fraction of sp³-hybridized carbons (Fsp3) is 0.538. The first-order valence-electron chi connectivity index (χ1n) is 6.05. The average molecular weight is 252 g/mol. The minimum absolute atomic E-state index is 0.226. The Hall–Kier alpha value is -1.62. The van der Waals surface area contributed by atoms with Crippen molar-refractivity contribution in [1.82, 2.24) is 10.3 Å². The smallest absolute Gasteiger partial charge is 0.255 e. The van der Waals surface area contributed by atoms with Gasteiger partial charge in [0, 0.05) is 12.7 Å². The van der Waals surface area contributed by atoms with Crippen molar-refractivity contribution in [2.24, 2.45) is 0 Å². The lowest BCUT2D eigenvalue weighted by atomic mass is 9.97. The summed E-state index contributed by atoms with van der Waals surface area (Å²) >= 11 is 0. The van der Waals surface area contributed by atoms with Crippen LogP contribution in [0.5, 0.6) is 5.75 Å². The lowest BCUT2D eigenvalue weighted by Crippen LogP contribution is -2.42. The van der Waals surface area contributed by atoms with Crippen molar-refractivity contribution >= 4 is 5.91 Å². The van der Waals surface area contributed by atoms with Crippen molar-refractivity contribution in [3.05, 3.63) is 24.0 Å². The second kappa shape index (κ2) is 6.35. The highest BCUT2D eigenvalue weighted by Crippen LogP contribution is 2.17. The summed E-state index contributed by atoms with van der Waals surface area (Å²) in [7, 11) is 1.49. The number of hydrogen-bond acceptors (Lipinski definition) is 4. The van der Waals surface area contributed by atoms with Gasteiger partial charge in [-0.1, -0.05) is 13.8 Å². The Bertz CT molecular complexity index is 403. The van der Waals surface area contributed by atoms with E-state index in [9.17, 15) is 9.90 Å². The zero-order chi connectivity index (χ0) is 13.6. The van der Waals surface area contributed by atoms with Crippen molar-refractivity contribution in [3.63, 3.8) is 0 Å². The molecule has 1 rings (SSSR count). The molecule has 5 heteroatoms. The summed E-state index contributed by atoms with van der Waals surface area (Å²) in [6.07, 6.45) is 4.21. The summed E-state index contributed by atoms with van der Waals surface area (Å²) in [6, 6.07) is 1.59. The molecule has 0 aromatic carbocycles. The SMILES string of the molecule is CCC(O)(CC)CNC(=O)c1ccncc1OC. The van der Waals surface area contributed by atoms with Crippen molar-refractivity contribution in [2.45, 2.75) is 32.3 Å². The molecule has 100 valence electrons. The van der Waals surface area contributed by atoms with Gasteiger partial charge in [-0.25, -0.2) is 0 Å². The van der Waals surface area contributed by atoms with Crippen LogP contribution in [0.3, 0.4) is 0 Å². The number of aromatic nitrogens is 1. The van der Waals surface area contributed by atoms with Crippen LogP contribution in [0.1, 0.15) is 37.0 Å².